The molecule has 2 aromatic carbocycles. The van der Waals surface area contributed by atoms with Crippen LogP contribution in [0.15, 0.2) is 54.7 Å². The normalized spacial score (nSPS) is 12.3. The molecular weight excluding hydrogens is 358 g/mol. The fourth-order valence-corrected chi connectivity index (χ4v) is 3.59. The van der Waals surface area contributed by atoms with Gasteiger partial charge in [-0.05, 0) is 64.1 Å². The van der Waals surface area contributed by atoms with Crippen LogP contribution in [0.2, 0.25) is 0 Å². The molecule has 1 aliphatic carbocycles. The smallest absolute Gasteiger partial charge is 0.246 e. The fraction of sp³-hybridized carbons (Fsp3) is 0.182. The zero-order valence-electron chi connectivity index (χ0n) is 15.2. The number of carbonyl (C=O) groups is 1. The third kappa shape index (κ3) is 3.81. The Labute approximate surface area is 165 Å². The predicted octanol–water partition coefficient (Wildman–Crippen LogP) is 4.01. The first-order valence-electron chi connectivity index (χ1n) is 8.79. The summed E-state index contributed by atoms with van der Waals surface area (Å²) in [7, 11) is 1.83. The highest BCUT2D eigenvalue weighted by Gasteiger charge is 2.16. The Balaban J connectivity index is 0.00000210. The predicted molar refractivity (Wildman–Crippen MR) is 113 cm³/mol. The highest BCUT2D eigenvalue weighted by molar-refractivity contribution is 5.94. The average molecular weight is 380 g/mol. The lowest BCUT2D eigenvalue weighted by Gasteiger charge is -2.17. The van der Waals surface area contributed by atoms with Crippen LogP contribution < -0.4 is 5.73 Å². The number of aryl methyl sites for hydroxylation is 2. The second-order valence-corrected chi connectivity index (χ2v) is 6.77. The molecule has 0 bridgehead atoms. The van der Waals surface area contributed by atoms with Crippen LogP contribution in [0.5, 0.6) is 0 Å². The molecule has 3 aromatic rings. The van der Waals surface area contributed by atoms with Crippen LogP contribution in [0.25, 0.3) is 16.8 Å². The molecule has 138 valence electrons. The van der Waals surface area contributed by atoms with E-state index in [4.69, 9.17) is 5.73 Å². The molecule has 1 heterocycles. The minimum absolute atomic E-state index is 0. The molecule has 0 saturated carbocycles. The Bertz CT molecular complexity index is 1000. The summed E-state index contributed by atoms with van der Waals surface area (Å²) in [6, 6.07) is 14.4. The molecule has 27 heavy (non-hydrogen) atoms. The standard InChI is InChI=1S/C22H21N3O.ClH/c1-25(21(26)12-6-15-5-11-20(23)24-13-15)14-18-10-9-17-8-7-16-3-2-4-19(18)22(16)17;/h2-6,9-13H,7-8,14H2,1H3,(H2,23,24);1H/b12-6+;. The zero-order valence-corrected chi connectivity index (χ0v) is 16.0. The number of anilines is 1. The summed E-state index contributed by atoms with van der Waals surface area (Å²) in [6.45, 7) is 0.587. The number of aromatic nitrogens is 1. The Morgan fingerprint density at radius 1 is 1.15 bits per heavy atom. The van der Waals surface area contributed by atoms with E-state index in [9.17, 15) is 4.79 Å². The quantitative estimate of drug-likeness (QED) is 0.697. The Morgan fingerprint density at radius 2 is 1.93 bits per heavy atom. The van der Waals surface area contributed by atoms with Gasteiger partial charge in [0, 0.05) is 25.9 Å². The number of carbonyl (C=O) groups excluding carboxylic acids is 1. The Kier molecular flexibility index (Phi) is 5.47. The van der Waals surface area contributed by atoms with E-state index in [-0.39, 0.29) is 18.3 Å². The first-order chi connectivity index (χ1) is 12.6. The largest absolute Gasteiger partial charge is 0.384 e. The van der Waals surface area contributed by atoms with Gasteiger partial charge in [-0.3, -0.25) is 4.79 Å². The van der Waals surface area contributed by atoms with Gasteiger partial charge in [-0.1, -0.05) is 30.3 Å². The molecule has 0 saturated heterocycles. The van der Waals surface area contributed by atoms with E-state index in [1.807, 2.05) is 13.1 Å². The van der Waals surface area contributed by atoms with Crippen LogP contribution in [-0.4, -0.2) is 22.8 Å². The molecule has 0 atom stereocenters. The lowest BCUT2D eigenvalue weighted by molar-refractivity contribution is -0.125. The number of nitrogen functional groups attached to an aromatic ring is 1. The van der Waals surface area contributed by atoms with E-state index in [1.54, 1.807) is 29.3 Å². The molecule has 0 fully saturated rings. The Hall–Kier alpha value is -2.85. The van der Waals surface area contributed by atoms with Crippen molar-refractivity contribution in [2.24, 2.45) is 0 Å². The number of hydrogen-bond acceptors (Lipinski definition) is 3. The van der Waals surface area contributed by atoms with Crippen LogP contribution >= 0.6 is 12.4 Å². The number of hydrogen-bond donors (Lipinski definition) is 1. The van der Waals surface area contributed by atoms with E-state index in [0.29, 0.717) is 12.4 Å². The third-order valence-corrected chi connectivity index (χ3v) is 4.98. The maximum absolute atomic E-state index is 12.5. The first kappa shape index (κ1) is 18.9. The van der Waals surface area contributed by atoms with Crippen LogP contribution in [-0.2, 0) is 24.2 Å². The lowest BCUT2D eigenvalue weighted by Crippen LogP contribution is -2.24. The summed E-state index contributed by atoms with van der Waals surface area (Å²) >= 11 is 0. The average Bonchev–Trinajstić information content (AvgIpc) is 3.08. The summed E-state index contributed by atoms with van der Waals surface area (Å²) in [5.74, 6) is 0.433. The minimum atomic E-state index is -0.0370. The van der Waals surface area contributed by atoms with Crippen molar-refractivity contribution in [2.75, 3.05) is 12.8 Å². The van der Waals surface area contributed by atoms with Gasteiger partial charge in [0.25, 0.3) is 0 Å². The van der Waals surface area contributed by atoms with Gasteiger partial charge in [-0.25, -0.2) is 4.98 Å². The van der Waals surface area contributed by atoms with Crippen LogP contribution in [0.3, 0.4) is 0 Å². The number of pyridine rings is 1. The van der Waals surface area contributed by atoms with Gasteiger partial charge in [0.15, 0.2) is 0 Å². The van der Waals surface area contributed by atoms with Gasteiger partial charge in [-0.15, -0.1) is 12.4 Å². The van der Waals surface area contributed by atoms with Gasteiger partial charge >= 0.3 is 0 Å². The number of rotatable bonds is 4. The molecule has 4 rings (SSSR count). The molecule has 0 radical (unpaired) electrons. The topological polar surface area (TPSA) is 59.2 Å². The van der Waals surface area contributed by atoms with E-state index in [0.717, 1.165) is 18.4 Å². The van der Waals surface area contributed by atoms with Crippen molar-refractivity contribution in [1.82, 2.24) is 9.88 Å². The molecular formula is C22H22ClN3O. The maximum Gasteiger partial charge on any atom is 0.246 e. The number of benzene rings is 2. The zero-order chi connectivity index (χ0) is 18.1. The fourth-order valence-electron chi connectivity index (χ4n) is 3.59. The van der Waals surface area contributed by atoms with E-state index in [1.165, 1.54) is 27.5 Å². The van der Waals surface area contributed by atoms with Crippen molar-refractivity contribution in [2.45, 2.75) is 19.4 Å². The molecule has 1 amide bonds. The maximum atomic E-state index is 12.5. The van der Waals surface area contributed by atoms with Gasteiger partial charge in [-0.2, -0.15) is 0 Å². The molecule has 1 aromatic heterocycles. The molecule has 0 spiro atoms. The van der Waals surface area contributed by atoms with Gasteiger partial charge < -0.3 is 10.6 Å². The third-order valence-electron chi connectivity index (χ3n) is 4.98. The van der Waals surface area contributed by atoms with Crippen molar-refractivity contribution in [3.8, 4) is 0 Å². The SMILES string of the molecule is CN(Cc1ccc2c3c(cccc13)CC2)C(=O)/C=C/c1ccc(N)nc1.Cl. The van der Waals surface area contributed by atoms with Crippen LogP contribution in [0, 0.1) is 0 Å². The molecule has 0 aliphatic heterocycles. The van der Waals surface area contributed by atoms with E-state index >= 15 is 0 Å². The van der Waals surface area contributed by atoms with Crippen molar-refractivity contribution >= 4 is 41.0 Å². The highest BCUT2D eigenvalue weighted by Crippen LogP contribution is 2.33. The summed E-state index contributed by atoms with van der Waals surface area (Å²) < 4.78 is 0. The summed E-state index contributed by atoms with van der Waals surface area (Å²) in [5.41, 5.74) is 10.5. The number of nitrogens with zero attached hydrogens (tertiary/aromatic N) is 2. The van der Waals surface area contributed by atoms with Gasteiger partial charge in [0.2, 0.25) is 5.91 Å². The molecule has 0 unspecified atom stereocenters. The lowest BCUT2D eigenvalue weighted by atomic mass is 9.99. The number of nitrogens with two attached hydrogens (primary N) is 1. The van der Waals surface area contributed by atoms with Crippen molar-refractivity contribution in [1.29, 1.82) is 0 Å². The van der Waals surface area contributed by atoms with Gasteiger partial charge in [0.1, 0.15) is 5.82 Å². The van der Waals surface area contributed by atoms with Crippen molar-refractivity contribution < 1.29 is 4.79 Å². The monoisotopic (exact) mass is 379 g/mol. The van der Waals surface area contributed by atoms with E-state index < -0.39 is 0 Å². The number of halogens is 1. The van der Waals surface area contributed by atoms with Crippen molar-refractivity contribution in [3.05, 3.63) is 77.0 Å². The summed E-state index contributed by atoms with van der Waals surface area (Å²) in [6.07, 6.45) is 7.22. The first-order valence-corrected chi connectivity index (χ1v) is 8.79. The molecule has 2 N–H and O–H groups in total. The second-order valence-electron chi connectivity index (χ2n) is 6.77. The number of likely N-dealkylation sites (N-methyl/N-ethyl adjacent to an activating group) is 1. The second kappa shape index (κ2) is 7.80. The molecule has 1 aliphatic rings. The van der Waals surface area contributed by atoms with Crippen LogP contribution in [0.1, 0.15) is 22.3 Å². The summed E-state index contributed by atoms with van der Waals surface area (Å²) in [5, 5.41) is 2.65. The minimum Gasteiger partial charge on any atom is -0.384 e. The van der Waals surface area contributed by atoms with Crippen LogP contribution in [0.4, 0.5) is 5.82 Å². The van der Waals surface area contributed by atoms with E-state index in [2.05, 4.69) is 35.3 Å². The van der Waals surface area contributed by atoms with Gasteiger partial charge in [0.05, 0.1) is 0 Å². The summed E-state index contributed by atoms with van der Waals surface area (Å²) in [4.78, 5) is 18.2. The molecule has 4 nitrogen and oxygen atoms in total. The highest BCUT2D eigenvalue weighted by atomic mass is 35.5. The molecule has 5 heteroatoms. The van der Waals surface area contributed by atoms with Crippen molar-refractivity contribution in [3.63, 3.8) is 0 Å². The number of amides is 1. The Morgan fingerprint density at radius 3 is 2.67 bits per heavy atom.